The Morgan fingerprint density at radius 1 is 1.44 bits per heavy atom. The molecule has 18 heavy (non-hydrogen) atoms. The van der Waals surface area contributed by atoms with Crippen LogP contribution in [0.2, 0.25) is 0 Å². The smallest absolute Gasteiger partial charge is 0.257 e. The van der Waals surface area contributed by atoms with Gasteiger partial charge in [-0.15, -0.1) is 0 Å². The molecule has 0 aromatic carbocycles. The monoisotopic (exact) mass is 271 g/mol. The van der Waals surface area contributed by atoms with Crippen molar-refractivity contribution in [3.63, 3.8) is 0 Å². The van der Waals surface area contributed by atoms with Crippen molar-refractivity contribution in [1.82, 2.24) is 4.90 Å². The third-order valence-corrected chi connectivity index (χ3v) is 5.98. The van der Waals surface area contributed by atoms with Crippen molar-refractivity contribution in [2.45, 2.75) is 32.1 Å². The van der Waals surface area contributed by atoms with Gasteiger partial charge in [0.15, 0.2) is 9.84 Å². The molecule has 2 rings (SSSR count). The SMILES string of the molecule is Cc1occc1C(=O)N1CCS(=O)(=O)[C@@H](C)[C@H]1C. The zero-order valence-corrected chi connectivity index (χ0v) is 11.5. The molecule has 1 aromatic heterocycles. The Kier molecular flexibility index (Phi) is 3.23. The number of carbonyl (C=O) groups excluding carboxylic acids is 1. The summed E-state index contributed by atoms with van der Waals surface area (Å²) in [7, 11) is -3.07. The van der Waals surface area contributed by atoms with Crippen LogP contribution in [0.4, 0.5) is 0 Å². The standard InChI is InChI=1S/C12H17NO4S/c1-8-10(3)18(15,16)7-5-13(8)12(14)11-4-6-17-9(11)2/h4,6,8,10H,5,7H2,1-3H3/t8-,10+/m1/s1. The van der Waals surface area contributed by atoms with E-state index in [9.17, 15) is 13.2 Å². The molecule has 1 aliphatic heterocycles. The molecular weight excluding hydrogens is 254 g/mol. The van der Waals surface area contributed by atoms with Gasteiger partial charge in [-0.1, -0.05) is 0 Å². The minimum Gasteiger partial charge on any atom is -0.469 e. The predicted molar refractivity (Wildman–Crippen MR) is 67.2 cm³/mol. The van der Waals surface area contributed by atoms with Crippen LogP contribution in [-0.2, 0) is 9.84 Å². The van der Waals surface area contributed by atoms with E-state index in [1.165, 1.54) is 6.26 Å². The molecule has 6 heteroatoms. The van der Waals surface area contributed by atoms with Crippen LogP contribution < -0.4 is 0 Å². The van der Waals surface area contributed by atoms with Crippen molar-refractivity contribution in [3.05, 3.63) is 23.7 Å². The summed E-state index contributed by atoms with van der Waals surface area (Å²) in [6, 6.07) is 1.31. The first kappa shape index (κ1) is 13.1. The van der Waals surface area contributed by atoms with E-state index in [0.29, 0.717) is 11.3 Å². The number of furan rings is 1. The summed E-state index contributed by atoms with van der Waals surface area (Å²) in [6.45, 7) is 5.40. The van der Waals surface area contributed by atoms with E-state index >= 15 is 0 Å². The van der Waals surface area contributed by atoms with Gasteiger partial charge in [-0.2, -0.15) is 0 Å². The number of amides is 1. The molecule has 100 valence electrons. The Morgan fingerprint density at radius 3 is 2.67 bits per heavy atom. The number of aryl methyl sites for hydroxylation is 1. The van der Waals surface area contributed by atoms with Gasteiger partial charge in [-0.25, -0.2) is 8.42 Å². The van der Waals surface area contributed by atoms with Crippen molar-refractivity contribution < 1.29 is 17.6 Å². The normalized spacial score (nSPS) is 27.2. The van der Waals surface area contributed by atoms with E-state index in [1.807, 2.05) is 0 Å². The molecule has 0 radical (unpaired) electrons. The summed E-state index contributed by atoms with van der Waals surface area (Å²) in [6.07, 6.45) is 1.47. The molecule has 1 fully saturated rings. The largest absolute Gasteiger partial charge is 0.469 e. The molecule has 2 heterocycles. The topological polar surface area (TPSA) is 67.6 Å². The molecule has 0 saturated carbocycles. The molecule has 0 aliphatic carbocycles. The number of hydrogen-bond donors (Lipinski definition) is 0. The third kappa shape index (κ3) is 2.05. The average Bonchev–Trinajstić information content (AvgIpc) is 2.72. The molecule has 1 saturated heterocycles. The Morgan fingerprint density at radius 2 is 2.11 bits per heavy atom. The van der Waals surface area contributed by atoms with Gasteiger partial charge in [0.25, 0.3) is 5.91 Å². The highest BCUT2D eigenvalue weighted by atomic mass is 32.2. The molecule has 0 unspecified atom stereocenters. The summed E-state index contributed by atoms with van der Waals surface area (Å²) < 4.78 is 28.6. The van der Waals surface area contributed by atoms with Crippen LogP contribution in [0.15, 0.2) is 16.7 Å². The molecular formula is C12H17NO4S. The maximum Gasteiger partial charge on any atom is 0.257 e. The van der Waals surface area contributed by atoms with Gasteiger partial charge in [0.2, 0.25) is 0 Å². The molecule has 0 spiro atoms. The van der Waals surface area contributed by atoms with Crippen molar-refractivity contribution in [3.8, 4) is 0 Å². The van der Waals surface area contributed by atoms with Gasteiger partial charge in [0.1, 0.15) is 5.76 Å². The fraction of sp³-hybridized carbons (Fsp3) is 0.583. The molecule has 5 nitrogen and oxygen atoms in total. The zero-order chi connectivity index (χ0) is 13.5. The lowest BCUT2D eigenvalue weighted by Gasteiger charge is -2.37. The van der Waals surface area contributed by atoms with E-state index in [4.69, 9.17) is 4.42 Å². The van der Waals surface area contributed by atoms with Gasteiger partial charge >= 0.3 is 0 Å². The Bertz CT molecular complexity index is 560. The lowest BCUT2D eigenvalue weighted by atomic mass is 10.1. The molecule has 1 aromatic rings. The van der Waals surface area contributed by atoms with Crippen molar-refractivity contribution in [2.24, 2.45) is 0 Å². The van der Waals surface area contributed by atoms with Gasteiger partial charge in [-0.05, 0) is 26.8 Å². The first-order chi connectivity index (χ1) is 8.34. The minimum atomic E-state index is -3.07. The third-order valence-electron chi connectivity index (χ3n) is 3.70. The highest BCUT2D eigenvalue weighted by Crippen LogP contribution is 2.22. The summed E-state index contributed by atoms with van der Waals surface area (Å²) in [4.78, 5) is 13.9. The van der Waals surface area contributed by atoms with E-state index in [2.05, 4.69) is 0 Å². The summed E-state index contributed by atoms with van der Waals surface area (Å²) in [5, 5.41) is -0.526. The van der Waals surface area contributed by atoms with Crippen LogP contribution >= 0.6 is 0 Å². The zero-order valence-electron chi connectivity index (χ0n) is 10.7. The molecule has 2 atom stereocenters. The molecule has 1 aliphatic rings. The van der Waals surface area contributed by atoms with Crippen molar-refractivity contribution in [2.75, 3.05) is 12.3 Å². The fourth-order valence-corrected chi connectivity index (χ4v) is 3.79. The number of sulfone groups is 1. The van der Waals surface area contributed by atoms with Crippen LogP contribution in [0.5, 0.6) is 0 Å². The van der Waals surface area contributed by atoms with Gasteiger partial charge in [-0.3, -0.25) is 4.79 Å². The van der Waals surface area contributed by atoms with E-state index in [1.54, 1.807) is 31.7 Å². The van der Waals surface area contributed by atoms with Crippen LogP contribution in [0.3, 0.4) is 0 Å². The summed E-state index contributed by atoms with van der Waals surface area (Å²) >= 11 is 0. The lowest BCUT2D eigenvalue weighted by Crippen LogP contribution is -2.54. The van der Waals surface area contributed by atoms with E-state index in [0.717, 1.165) is 0 Å². The average molecular weight is 271 g/mol. The highest BCUT2D eigenvalue weighted by Gasteiger charge is 2.38. The fourth-order valence-electron chi connectivity index (χ4n) is 2.22. The maximum atomic E-state index is 12.3. The number of hydrogen-bond acceptors (Lipinski definition) is 4. The Hall–Kier alpha value is -1.30. The van der Waals surface area contributed by atoms with Crippen molar-refractivity contribution >= 4 is 15.7 Å². The Balaban J connectivity index is 2.26. The molecule has 0 N–H and O–H groups in total. The van der Waals surface area contributed by atoms with Crippen LogP contribution in [0.1, 0.15) is 30.0 Å². The molecule has 0 bridgehead atoms. The van der Waals surface area contributed by atoms with E-state index < -0.39 is 15.1 Å². The molecule has 1 amide bonds. The quantitative estimate of drug-likeness (QED) is 0.770. The van der Waals surface area contributed by atoms with Crippen LogP contribution in [0, 0.1) is 6.92 Å². The Labute approximate surface area is 107 Å². The van der Waals surface area contributed by atoms with Gasteiger partial charge in [0, 0.05) is 12.6 Å². The van der Waals surface area contributed by atoms with Gasteiger partial charge < -0.3 is 9.32 Å². The second-order valence-electron chi connectivity index (χ2n) is 4.70. The first-order valence-electron chi connectivity index (χ1n) is 5.91. The lowest BCUT2D eigenvalue weighted by molar-refractivity contribution is 0.0691. The summed E-state index contributed by atoms with van der Waals surface area (Å²) in [5.74, 6) is 0.435. The highest BCUT2D eigenvalue weighted by molar-refractivity contribution is 7.92. The second-order valence-corrected chi connectivity index (χ2v) is 7.18. The number of carbonyl (C=O) groups is 1. The predicted octanol–water partition coefficient (Wildman–Crippen LogP) is 1.24. The first-order valence-corrected chi connectivity index (χ1v) is 7.63. The number of nitrogens with zero attached hydrogens (tertiary/aromatic N) is 1. The minimum absolute atomic E-state index is 0.0289. The van der Waals surface area contributed by atoms with Crippen LogP contribution in [0.25, 0.3) is 0 Å². The number of rotatable bonds is 1. The van der Waals surface area contributed by atoms with Crippen LogP contribution in [-0.4, -0.2) is 42.8 Å². The maximum absolute atomic E-state index is 12.3. The van der Waals surface area contributed by atoms with E-state index in [-0.39, 0.29) is 24.2 Å². The van der Waals surface area contributed by atoms with Crippen molar-refractivity contribution in [1.29, 1.82) is 0 Å². The van der Waals surface area contributed by atoms with Gasteiger partial charge in [0.05, 0.1) is 22.8 Å². The second kappa shape index (κ2) is 4.42. The summed E-state index contributed by atoms with van der Waals surface area (Å²) in [5.41, 5.74) is 0.508.